The molecule has 0 bridgehead atoms. The van der Waals surface area contributed by atoms with Gasteiger partial charge in [0, 0.05) is 44.8 Å². The predicted molar refractivity (Wildman–Crippen MR) is 70.5 cm³/mol. The first kappa shape index (κ1) is 13.5. The molecule has 0 radical (unpaired) electrons. The van der Waals surface area contributed by atoms with Crippen LogP contribution in [-0.2, 0) is 9.53 Å². The summed E-state index contributed by atoms with van der Waals surface area (Å²) >= 11 is 0. The molecule has 1 amide bonds. The maximum atomic E-state index is 11.8. The molecule has 102 valence electrons. The van der Waals surface area contributed by atoms with Gasteiger partial charge in [0.2, 0.25) is 5.91 Å². The lowest BCUT2D eigenvalue weighted by molar-refractivity contribution is -0.134. The van der Waals surface area contributed by atoms with Gasteiger partial charge in [0.05, 0.1) is 13.2 Å². The molecule has 0 spiro atoms. The highest BCUT2D eigenvalue weighted by Gasteiger charge is 2.34. The first-order valence-electron chi connectivity index (χ1n) is 6.59. The number of nitrogens with zero attached hydrogens (tertiary/aromatic N) is 3. The van der Waals surface area contributed by atoms with E-state index in [9.17, 15) is 4.79 Å². The van der Waals surface area contributed by atoms with Crippen molar-refractivity contribution >= 4 is 5.91 Å². The number of likely N-dealkylation sites (tertiary alicyclic amines) is 1. The maximum absolute atomic E-state index is 11.8. The molecule has 0 saturated carbocycles. The number of hydrogen-bond acceptors (Lipinski definition) is 4. The van der Waals surface area contributed by atoms with Crippen molar-refractivity contribution in [2.45, 2.75) is 6.04 Å². The van der Waals surface area contributed by atoms with Gasteiger partial charge in [-0.1, -0.05) is 6.08 Å². The summed E-state index contributed by atoms with van der Waals surface area (Å²) in [5.41, 5.74) is 0. The van der Waals surface area contributed by atoms with E-state index in [1.165, 1.54) is 0 Å². The second-order valence-electron chi connectivity index (χ2n) is 5.21. The average molecular weight is 253 g/mol. The number of rotatable bonds is 4. The standard InChI is InChI=1S/C13H23N3O2/c1-14(2)5-3-4-13(17)16-10-12(11-16)15-6-8-18-9-7-15/h3-4,12H,5-11H2,1-2H3/b4-3+. The van der Waals surface area contributed by atoms with Gasteiger partial charge in [-0.25, -0.2) is 0 Å². The van der Waals surface area contributed by atoms with Crippen LogP contribution in [0, 0.1) is 0 Å². The molecule has 5 heteroatoms. The lowest BCUT2D eigenvalue weighted by atomic mass is 10.1. The van der Waals surface area contributed by atoms with Crippen molar-refractivity contribution in [2.24, 2.45) is 0 Å². The number of carbonyl (C=O) groups is 1. The van der Waals surface area contributed by atoms with Crippen molar-refractivity contribution in [2.75, 3.05) is 60.0 Å². The molecule has 0 aliphatic carbocycles. The molecule has 0 aromatic carbocycles. The Morgan fingerprint density at radius 2 is 2.00 bits per heavy atom. The van der Waals surface area contributed by atoms with Gasteiger partial charge in [-0.05, 0) is 14.1 Å². The topological polar surface area (TPSA) is 36.0 Å². The van der Waals surface area contributed by atoms with Crippen molar-refractivity contribution in [3.05, 3.63) is 12.2 Å². The fraction of sp³-hybridized carbons (Fsp3) is 0.769. The summed E-state index contributed by atoms with van der Waals surface area (Å²) in [5, 5.41) is 0. The number of ether oxygens (including phenoxy) is 1. The van der Waals surface area contributed by atoms with Gasteiger partial charge in [0.25, 0.3) is 0 Å². The molecule has 2 aliphatic rings. The number of carbonyl (C=O) groups excluding carboxylic acids is 1. The SMILES string of the molecule is CN(C)C/C=C/C(=O)N1CC(N2CCOCC2)C1. The van der Waals surface area contributed by atoms with E-state index < -0.39 is 0 Å². The Hall–Kier alpha value is -0.910. The number of hydrogen-bond donors (Lipinski definition) is 0. The minimum atomic E-state index is 0.140. The summed E-state index contributed by atoms with van der Waals surface area (Å²) in [6.07, 6.45) is 3.61. The van der Waals surface area contributed by atoms with Gasteiger partial charge in [-0.15, -0.1) is 0 Å². The van der Waals surface area contributed by atoms with Gasteiger partial charge < -0.3 is 14.5 Å². The van der Waals surface area contributed by atoms with Crippen LogP contribution in [0.1, 0.15) is 0 Å². The first-order valence-corrected chi connectivity index (χ1v) is 6.59. The van der Waals surface area contributed by atoms with Crippen LogP contribution in [0.3, 0.4) is 0 Å². The summed E-state index contributed by atoms with van der Waals surface area (Å²) in [4.78, 5) is 18.2. The third-order valence-corrected chi connectivity index (χ3v) is 3.47. The highest BCUT2D eigenvalue weighted by Crippen LogP contribution is 2.16. The Labute approximate surface area is 109 Å². The Morgan fingerprint density at radius 1 is 1.33 bits per heavy atom. The van der Waals surface area contributed by atoms with E-state index in [1.54, 1.807) is 6.08 Å². The van der Waals surface area contributed by atoms with Crippen molar-refractivity contribution < 1.29 is 9.53 Å². The van der Waals surface area contributed by atoms with E-state index in [2.05, 4.69) is 4.90 Å². The van der Waals surface area contributed by atoms with Crippen LogP contribution in [0.25, 0.3) is 0 Å². The van der Waals surface area contributed by atoms with Crippen molar-refractivity contribution in [3.8, 4) is 0 Å². The summed E-state index contributed by atoms with van der Waals surface area (Å²) in [7, 11) is 3.99. The van der Waals surface area contributed by atoms with E-state index in [-0.39, 0.29) is 5.91 Å². The van der Waals surface area contributed by atoms with Crippen molar-refractivity contribution in [1.82, 2.24) is 14.7 Å². The van der Waals surface area contributed by atoms with Crippen LogP contribution < -0.4 is 0 Å². The Bertz CT molecular complexity index is 305. The fourth-order valence-corrected chi connectivity index (χ4v) is 2.28. The summed E-state index contributed by atoms with van der Waals surface area (Å²) < 4.78 is 5.33. The van der Waals surface area contributed by atoms with E-state index in [1.807, 2.05) is 30.0 Å². The van der Waals surface area contributed by atoms with E-state index >= 15 is 0 Å². The van der Waals surface area contributed by atoms with E-state index in [0.29, 0.717) is 6.04 Å². The quantitative estimate of drug-likeness (QED) is 0.642. The van der Waals surface area contributed by atoms with Crippen LogP contribution in [-0.4, -0.2) is 86.7 Å². The van der Waals surface area contributed by atoms with Crippen LogP contribution >= 0.6 is 0 Å². The molecule has 0 aromatic heterocycles. The molecule has 0 N–H and O–H groups in total. The van der Waals surface area contributed by atoms with Crippen LogP contribution in [0.5, 0.6) is 0 Å². The van der Waals surface area contributed by atoms with Crippen LogP contribution in [0.15, 0.2) is 12.2 Å². The third kappa shape index (κ3) is 3.54. The molecule has 0 unspecified atom stereocenters. The van der Waals surface area contributed by atoms with Crippen molar-refractivity contribution in [3.63, 3.8) is 0 Å². The van der Waals surface area contributed by atoms with Gasteiger partial charge in [-0.3, -0.25) is 9.69 Å². The summed E-state index contributed by atoms with van der Waals surface area (Å²) in [6, 6.07) is 0.542. The maximum Gasteiger partial charge on any atom is 0.246 e. The van der Waals surface area contributed by atoms with Gasteiger partial charge in [-0.2, -0.15) is 0 Å². The van der Waals surface area contributed by atoms with Crippen molar-refractivity contribution in [1.29, 1.82) is 0 Å². The monoisotopic (exact) mass is 253 g/mol. The largest absolute Gasteiger partial charge is 0.379 e. The molecule has 2 saturated heterocycles. The van der Waals surface area contributed by atoms with Gasteiger partial charge in [0.1, 0.15) is 0 Å². The smallest absolute Gasteiger partial charge is 0.246 e. The second kappa shape index (κ2) is 6.31. The second-order valence-corrected chi connectivity index (χ2v) is 5.21. The third-order valence-electron chi connectivity index (χ3n) is 3.47. The zero-order valence-corrected chi connectivity index (χ0v) is 11.3. The normalized spacial score (nSPS) is 22.7. The van der Waals surface area contributed by atoms with E-state index in [4.69, 9.17) is 4.74 Å². The number of morpholine rings is 1. The lowest BCUT2D eigenvalue weighted by Crippen LogP contribution is -2.62. The number of amides is 1. The first-order chi connectivity index (χ1) is 8.66. The number of likely N-dealkylation sites (N-methyl/N-ethyl adjacent to an activating group) is 1. The summed E-state index contributed by atoms with van der Waals surface area (Å²) in [5.74, 6) is 0.140. The molecule has 2 rings (SSSR count). The zero-order valence-electron chi connectivity index (χ0n) is 11.3. The molecule has 0 aromatic rings. The summed E-state index contributed by atoms with van der Waals surface area (Å²) in [6.45, 7) is 6.20. The van der Waals surface area contributed by atoms with Gasteiger partial charge in [0.15, 0.2) is 0 Å². The van der Waals surface area contributed by atoms with Gasteiger partial charge >= 0.3 is 0 Å². The molecular weight excluding hydrogens is 230 g/mol. The zero-order chi connectivity index (χ0) is 13.0. The lowest BCUT2D eigenvalue weighted by Gasteiger charge is -2.46. The Kier molecular flexibility index (Phi) is 4.74. The highest BCUT2D eigenvalue weighted by atomic mass is 16.5. The predicted octanol–water partition coefficient (Wildman–Crippen LogP) is -0.353. The van der Waals surface area contributed by atoms with E-state index in [0.717, 1.165) is 45.9 Å². The molecule has 18 heavy (non-hydrogen) atoms. The minimum Gasteiger partial charge on any atom is -0.379 e. The Morgan fingerprint density at radius 3 is 2.61 bits per heavy atom. The minimum absolute atomic E-state index is 0.140. The Balaban J connectivity index is 1.68. The molecular formula is C13H23N3O2. The fourth-order valence-electron chi connectivity index (χ4n) is 2.28. The van der Waals surface area contributed by atoms with Crippen LogP contribution in [0.2, 0.25) is 0 Å². The molecule has 2 fully saturated rings. The molecule has 2 heterocycles. The highest BCUT2D eigenvalue weighted by molar-refractivity contribution is 5.88. The molecule has 0 atom stereocenters. The molecule has 5 nitrogen and oxygen atoms in total. The average Bonchev–Trinajstić information content (AvgIpc) is 2.28. The van der Waals surface area contributed by atoms with Crippen LogP contribution in [0.4, 0.5) is 0 Å². The molecule has 2 aliphatic heterocycles.